The molecule has 3 rings (SSSR count). The van der Waals surface area contributed by atoms with Gasteiger partial charge in [0.1, 0.15) is 5.58 Å². The van der Waals surface area contributed by atoms with Crippen molar-refractivity contribution in [1.82, 2.24) is 5.32 Å². The first kappa shape index (κ1) is 18.7. The summed E-state index contributed by atoms with van der Waals surface area (Å²) in [5, 5.41) is 6.75. The van der Waals surface area contributed by atoms with Crippen molar-refractivity contribution in [3.8, 4) is 0 Å². The van der Waals surface area contributed by atoms with Gasteiger partial charge in [0.25, 0.3) is 0 Å². The summed E-state index contributed by atoms with van der Waals surface area (Å²) >= 11 is 0. The van der Waals surface area contributed by atoms with Crippen molar-refractivity contribution in [2.24, 2.45) is 0 Å². The Morgan fingerprint density at radius 3 is 2.67 bits per heavy atom. The predicted octanol–water partition coefficient (Wildman–Crippen LogP) is 4.43. The number of benzene rings is 2. The zero-order valence-electron chi connectivity index (χ0n) is 16.1. The Bertz CT molecular complexity index is 1000. The molecule has 0 aliphatic heterocycles. The molecule has 0 aliphatic carbocycles. The van der Waals surface area contributed by atoms with E-state index >= 15 is 0 Å². The average Bonchev–Trinajstić information content (AvgIpc) is 3.01. The maximum absolute atomic E-state index is 12.5. The Balaban J connectivity index is 1.71. The van der Waals surface area contributed by atoms with Crippen LogP contribution >= 0.6 is 0 Å². The molecule has 0 fully saturated rings. The Labute approximate surface area is 158 Å². The van der Waals surface area contributed by atoms with Gasteiger partial charge >= 0.3 is 0 Å². The fourth-order valence-corrected chi connectivity index (χ4v) is 3.16. The predicted molar refractivity (Wildman–Crippen MR) is 107 cm³/mol. The average molecular weight is 364 g/mol. The second-order valence-corrected chi connectivity index (χ2v) is 6.92. The molecule has 1 unspecified atom stereocenters. The molecule has 0 saturated carbocycles. The lowest BCUT2D eigenvalue weighted by molar-refractivity contribution is -0.121. The molecular weight excluding hydrogens is 340 g/mol. The molecule has 1 atom stereocenters. The summed E-state index contributed by atoms with van der Waals surface area (Å²) in [6.07, 6.45) is 1.92. The van der Waals surface area contributed by atoms with E-state index in [0.717, 1.165) is 27.7 Å². The molecule has 2 amide bonds. The number of hydrogen-bond acceptors (Lipinski definition) is 3. The van der Waals surface area contributed by atoms with Gasteiger partial charge in [0, 0.05) is 23.6 Å². The lowest BCUT2D eigenvalue weighted by Gasteiger charge is -2.15. The van der Waals surface area contributed by atoms with Crippen LogP contribution in [0.15, 0.2) is 47.1 Å². The minimum Gasteiger partial charge on any atom is -0.464 e. The van der Waals surface area contributed by atoms with E-state index in [9.17, 15) is 9.59 Å². The highest BCUT2D eigenvalue weighted by Crippen LogP contribution is 2.27. The number of amides is 2. The zero-order valence-corrected chi connectivity index (χ0v) is 16.1. The summed E-state index contributed by atoms with van der Waals surface area (Å²) in [7, 11) is 0. The number of aryl methyl sites for hydroxylation is 2. The number of anilines is 1. The molecule has 2 N–H and O–H groups in total. The van der Waals surface area contributed by atoms with Gasteiger partial charge in [-0.1, -0.05) is 24.3 Å². The molecule has 0 spiro atoms. The van der Waals surface area contributed by atoms with Crippen LogP contribution in [0.25, 0.3) is 11.0 Å². The Hall–Kier alpha value is -3.08. The highest BCUT2D eigenvalue weighted by atomic mass is 16.3. The second kappa shape index (κ2) is 7.66. The van der Waals surface area contributed by atoms with Gasteiger partial charge in [0.05, 0.1) is 18.7 Å². The van der Waals surface area contributed by atoms with Gasteiger partial charge in [0.15, 0.2) is 0 Å². The molecule has 0 bridgehead atoms. The van der Waals surface area contributed by atoms with Crippen LogP contribution in [0.4, 0.5) is 5.69 Å². The van der Waals surface area contributed by atoms with E-state index in [4.69, 9.17) is 4.42 Å². The molecule has 27 heavy (non-hydrogen) atoms. The van der Waals surface area contributed by atoms with Crippen molar-refractivity contribution in [2.45, 2.75) is 40.2 Å². The molecule has 3 aromatic rings. The quantitative estimate of drug-likeness (QED) is 0.704. The summed E-state index contributed by atoms with van der Waals surface area (Å²) in [5.74, 6) is -0.199. The minimum absolute atomic E-state index is 0.0756. The highest BCUT2D eigenvalue weighted by molar-refractivity contribution is 5.90. The molecule has 5 heteroatoms. The molecule has 0 aliphatic rings. The lowest BCUT2D eigenvalue weighted by Crippen LogP contribution is -2.28. The molecular formula is C22H24N2O3. The number of furan rings is 1. The van der Waals surface area contributed by atoms with Gasteiger partial charge in [-0.15, -0.1) is 0 Å². The van der Waals surface area contributed by atoms with Gasteiger partial charge < -0.3 is 15.1 Å². The number of carbonyl (C=O) groups excluding carboxylic acids is 2. The van der Waals surface area contributed by atoms with Crippen LogP contribution in [-0.2, 0) is 16.0 Å². The van der Waals surface area contributed by atoms with Crippen molar-refractivity contribution in [3.63, 3.8) is 0 Å². The Morgan fingerprint density at radius 1 is 1.15 bits per heavy atom. The van der Waals surface area contributed by atoms with Crippen LogP contribution < -0.4 is 10.6 Å². The first-order chi connectivity index (χ1) is 12.8. The molecule has 0 saturated heterocycles. The van der Waals surface area contributed by atoms with Gasteiger partial charge in [-0.2, -0.15) is 0 Å². The third-order valence-corrected chi connectivity index (χ3v) is 4.78. The van der Waals surface area contributed by atoms with Crippen LogP contribution in [-0.4, -0.2) is 11.8 Å². The van der Waals surface area contributed by atoms with Crippen molar-refractivity contribution in [3.05, 3.63) is 64.9 Å². The smallest absolute Gasteiger partial charge is 0.225 e. The number of carbonyl (C=O) groups is 2. The van der Waals surface area contributed by atoms with Crippen LogP contribution in [0.1, 0.15) is 42.1 Å². The molecule has 2 aromatic carbocycles. The maximum Gasteiger partial charge on any atom is 0.225 e. The van der Waals surface area contributed by atoms with E-state index in [1.54, 1.807) is 6.26 Å². The summed E-state index contributed by atoms with van der Waals surface area (Å²) in [6, 6.07) is 11.4. The van der Waals surface area contributed by atoms with Crippen LogP contribution in [0.2, 0.25) is 0 Å². The number of fused-ring (bicyclic) bond motifs is 1. The molecule has 1 heterocycles. The molecule has 1 aromatic heterocycles. The number of nitrogens with one attached hydrogen (secondary N) is 2. The van der Waals surface area contributed by atoms with Crippen LogP contribution in [0, 0.1) is 13.8 Å². The number of rotatable bonds is 5. The van der Waals surface area contributed by atoms with E-state index in [-0.39, 0.29) is 24.3 Å². The van der Waals surface area contributed by atoms with Gasteiger partial charge in [-0.25, -0.2) is 0 Å². The van der Waals surface area contributed by atoms with E-state index in [1.165, 1.54) is 12.5 Å². The molecule has 0 radical (unpaired) electrons. The fraction of sp³-hybridized carbons (Fsp3) is 0.273. The van der Waals surface area contributed by atoms with E-state index in [1.807, 2.05) is 57.2 Å². The second-order valence-electron chi connectivity index (χ2n) is 6.92. The maximum atomic E-state index is 12.5. The van der Waals surface area contributed by atoms with E-state index < -0.39 is 0 Å². The Morgan fingerprint density at radius 2 is 1.93 bits per heavy atom. The zero-order chi connectivity index (χ0) is 19.6. The van der Waals surface area contributed by atoms with Crippen molar-refractivity contribution < 1.29 is 14.0 Å². The standard InChI is InChI=1S/C22H24N2O3/c1-13-8-9-20-18(12-27-22(20)14(13)2)11-21(26)23-15(3)17-6-5-7-19(10-17)24-16(4)25/h5-10,12,15H,11H2,1-4H3,(H,23,26)(H,24,25). The van der Waals surface area contributed by atoms with E-state index in [0.29, 0.717) is 5.69 Å². The SMILES string of the molecule is CC(=O)Nc1cccc(C(C)NC(=O)Cc2coc3c(C)c(C)ccc23)c1. The van der Waals surface area contributed by atoms with Crippen LogP contribution in [0.3, 0.4) is 0 Å². The first-order valence-electron chi connectivity index (χ1n) is 8.98. The van der Waals surface area contributed by atoms with Gasteiger partial charge in [0.2, 0.25) is 11.8 Å². The summed E-state index contributed by atoms with van der Waals surface area (Å²) in [5.41, 5.74) is 5.63. The number of hydrogen-bond donors (Lipinski definition) is 2. The third-order valence-electron chi connectivity index (χ3n) is 4.78. The fourth-order valence-electron chi connectivity index (χ4n) is 3.16. The molecule has 140 valence electrons. The third kappa shape index (κ3) is 4.19. The molecule has 5 nitrogen and oxygen atoms in total. The summed E-state index contributed by atoms with van der Waals surface area (Å²) in [4.78, 5) is 23.7. The lowest BCUT2D eigenvalue weighted by atomic mass is 10.0. The topological polar surface area (TPSA) is 71.3 Å². The highest BCUT2D eigenvalue weighted by Gasteiger charge is 2.15. The van der Waals surface area contributed by atoms with Crippen molar-refractivity contribution >= 4 is 28.5 Å². The van der Waals surface area contributed by atoms with Crippen LogP contribution in [0.5, 0.6) is 0 Å². The van der Waals surface area contributed by atoms with Gasteiger partial charge in [-0.05, 0) is 49.6 Å². The Kier molecular flexibility index (Phi) is 5.31. The van der Waals surface area contributed by atoms with E-state index in [2.05, 4.69) is 10.6 Å². The summed E-state index contributed by atoms with van der Waals surface area (Å²) in [6.45, 7) is 7.46. The van der Waals surface area contributed by atoms with Gasteiger partial charge in [-0.3, -0.25) is 9.59 Å². The summed E-state index contributed by atoms with van der Waals surface area (Å²) < 4.78 is 5.68. The van der Waals surface area contributed by atoms with Crippen molar-refractivity contribution in [2.75, 3.05) is 5.32 Å². The minimum atomic E-state index is -0.173. The van der Waals surface area contributed by atoms with Crippen molar-refractivity contribution in [1.29, 1.82) is 0 Å². The largest absolute Gasteiger partial charge is 0.464 e. The monoisotopic (exact) mass is 364 g/mol. The normalized spacial score (nSPS) is 12.0. The first-order valence-corrected chi connectivity index (χ1v) is 8.98.